The van der Waals surface area contributed by atoms with Crippen molar-refractivity contribution in [3.63, 3.8) is 0 Å². The summed E-state index contributed by atoms with van der Waals surface area (Å²) < 4.78 is 1.72. The van der Waals surface area contributed by atoms with Gasteiger partial charge in [-0.15, -0.1) is 5.10 Å². The number of benzene rings is 2. The number of carbonyl (C=O) groups is 1. The Balaban J connectivity index is 2.22. The molecule has 0 aliphatic carbocycles. The molecule has 0 saturated heterocycles. The van der Waals surface area contributed by atoms with Crippen LogP contribution in [0.1, 0.15) is 35.3 Å². The van der Waals surface area contributed by atoms with Gasteiger partial charge < -0.3 is 5.11 Å². The average molecular weight is 281 g/mol. The molecule has 1 heterocycles. The fourth-order valence-corrected chi connectivity index (χ4v) is 2.61. The van der Waals surface area contributed by atoms with E-state index in [1.807, 2.05) is 30.3 Å². The lowest BCUT2D eigenvalue weighted by atomic mass is 10.0. The Labute approximate surface area is 121 Å². The highest BCUT2D eigenvalue weighted by Gasteiger charge is 2.20. The minimum atomic E-state index is -0.966. The molecule has 2 aromatic carbocycles. The van der Waals surface area contributed by atoms with E-state index in [0.29, 0.717) is 11.0 Å². The van der Waals surface area contributed by atoms with Crippen LogP contribution in [-0.4, -0.2) is 26.1 Å². The van der Waals surface area contributed by atoms with Crippen LogP contribution in [-0.2, 0) is 0 Å². The van der Waals surface area contributed by atoms with Gasteiger partial charge >= 0.3 is 5.97 Å². The number of para-hydroxylation sites is 1. The van der Waals surface area contributed by atoms with Crippen molar-refractivity contribution in [2.45, 2.75) is 19.4 Å². The van der Waals surface area contributed by atoms with Crippen molar-refractivity contribution in [3.8, 4) is 0 Å². The van der Waals surface area contributed by atoms with Crippen LogP contribution in [0.2, 0.25) is 0 Å². The van der Waals surface area contributed by atoms with Crippen LogP contribution in [0.3, 0.4) is 0 Å². The second-order valence-electron chi connectivity index (χ2n) is 4.85. The van der Waals surface area contributed by atoms with Gasteiger partial charge in [-0.1, -0.05) is 48.5 Å². The van der Waals surface area contributed by atoms with Crippen LogP contribution in [0.5, 0.6) is 0 Å². The number of hydrogen-bond acceptors (Lipinski definition) is 3. The molecule has 1 unspecified atom stereocenters. The molecule has 1 N–H and O–H groups in total. The van der Waals surface area contributed by atoms with Crippen LogP contribution in [0.25, 0.3) is 11.0 Å². The van der Waals surface area contributed by atoms with Gasteiger partial charge in [-0.3, -0.25) is 0 Å². The molecule has 5 nitrogen and oxygen atoms in total. The van der Waals surface area contributed by atoms with E-state index in [1.165, 1.54) is 0 Å². The molecule has 0 fully saturated rings. The van der Waals surface area contributed by atoms with Gasteiger partial charge in [-0.05, 0) is 24.1 Å². The number of fused-ring (bicyclic) bond motifs is 1. The van der Waals surface area contributed by atoms with Gasteiger partial charge in [0.2, 0.25) is 0 Å². The van der Waals surface area contributed by atoms with E-state index in [0.717, 1.165) is 12.0 Å². The summed E-state index contributed by atoms with van der Waals surface area (Å²) in [4.78, 5) is 11.4. The zero-order chi connectivity index (χ0) is 14.8. The molecule has 3 rings (SSSR count). The van der Waals surface area contributed by atoms with Crippen LogP contribution in [0.4, 0.5) is 0 Å². The topological polar surface area (TPSA) is 68.0 Å². The zero-order valence-electron chi connectivity index (χ0n) is 11.6. The van der Waals surface area contributed by atoms with Gasteiger partial charge in [0.1, 0.15) is 11.0 Å². The third-order valence-corrected chi connectivity index (χ3v) is 3.59. The number of aromatic carboxylic acids is 1. The van der Waals surface area contributed by atoms with Crippen molar-refractivity contribution in [1.29, 1.82) is 0 Å². The van der Waals surface area contributed by atoms with Gasteiger partial charge in [0.15, 0.2) is 0 Å². The van der Waals surface area contributed by atoms with Gasteiger partial charge in [0.05, 0.1) is 11.6 Å². The maximum atomic E-state index is 11.4. The first-order valence-electron chi connectivity index (χ1n) is 6.84. The average Bonchev–Trinajstić information content (AvgIpc) is 2.93. The minimum absolute atomic E-state index is 0.0308. The van der Waals surface area contributed by atoms with Gasteiger partial charge in [0, 0.05) is 0 Å². The summed E-state index contributed by atoms with van der Waals surface area (Å²) in [5, 5.41) is 17.7. The summed E-state index contributed by atoms with van der Waals surface area (Å²) in [5.74, 6) is -0.966. The Hall–Kier alpha value is -2.69. The minimum Gasteiger partial charge on any atom is -0.478 e. The molecule has 5 heteroatoms. The van der Waals surface area contributed by atoms with E-state index in [4.69, 9.17) is 0 Å². The first kappa shape index (κ1) is 13.3. The number of carboxylic acids is 1. The summed E-state index contributed by atoms with van der Waals surface area (Å²) in [7, 11) is 0. The third-order valence-electron chi connectivity index (χ3n) is 3.59. The smallest absolute Gasteiger partial charge is 0.337 e. The van der Waals surface area contributed by atoms with E-state index >= 15 is 0 Å². The highest BCUT2D eigenvalue weighted by Crippen LogP contribution is 2.26. The molecule has 0 aliphatic heterocycles. The SMILES string of the molecule is CCC(c1ccccc1)n1nnc2cccc(C(=O)O)c21. The predicted molar refractivity (Wildman–Crippen MR) is 79.4 cm³/mol. The fraction of sp³-hybridized carbons (Fsp3) is 0.188. The van der Waals surface area contributed by atoms with Crippen molar-refractivity contribution in [2.75, 3.05) is 0 Å². The largest absolute Gasteiger partial charge is 0.478 e. The van der Waals surface area contributed by atoms with Crippen molar-refractivity contribution < 1.29 is 9.90 Å². The lowest BCUT2D eigenvalue weighted by molar-refractivity contribution is 0.0698. The van der Waals surface area contributed by atoms with Crippen LogP contribution in [0.15, 0.2) is 48.5 Å². The maximum Gasteiger partial charge on any atom is 0.337 e. The van der Waals surface area contributed by atoms with Crippen molar-refractivity contribution in [2.24, 2.45) is 0 Å². The molecule has 1 aromatic heterocycles. The number of rotatable bonds is 4. The highest BCUT2D eigenvalue weighted by atomic mass is 16.4. The lowest BCUT2D eigenvalue weighted by Crippen LogP contribution is -2.13. The second kappa shape index (κ2) is 5.36. The quantitative estimate of drug-likeness (QED) is 0.797. The summed E-state index contributed by atoms with van der Waals surface area (Å²) in [6.45, 7) is 2.05. The molecule has 0 bridgehead atoms. The maximum absolute atomic E-state index is 11.4. The Bertz CT molecular complexity index is 781. The van der Waals surface area contributed by atoms with Crippen LogP contribution >= 0.6 is 0 Å². The Morgan fingerprint density at radius 2 is 1.95 bits per heavy atom. The van der Waals surface area contributed by atoms with Crippen LogP contribution < -0.4 is 0 Å². The Morgan fingerprint density at radius 1 is 1.19 bits per heavy atom. The first-order chi connectivity index (χ1) is 10.2. The molecule has 1 atom stereocenters. The highest BCUT2D eigenvalue weighted by molar-refractivity contribution is 6.00. The normalized spacial score (nSPS) is 12.4. The lowest BCUT2D eigenvalue weighted by Gasteiger charge is -2.17. The molecule has 106 valence electrons. The molecule has 0 spiro atoms. The number of hydrogen-bond donors (Lipinski definition) is 1. The van der Waals surface area contributed by atoms with Crippen LogP contribution in [0, 0.1) is 0 Å². The molecule has 0 saturated carbocycles. The molecule has 0 aliphatic rings. The Kier molecular flexibility index (Phi) is 3.39. The summed E-state index contributed by atoms with van der Waals surface area (Å²) in [6, 6.07) is 15.0. The zero-order valence-corrected chi connectivity index (χ0v) is 11.6. The van der Waals surface area contributed by atoms with E-state index in [-0.39, 0.29) is 11.6 Å². The number of nitrogens with zero attached hydrogens (tertiary/aromatic N) is 3. The molecule has 3 aromatic rings. The summed E-state index contributed by atoms with van der Waals surface area (Å²) >= 11 is 0. The summed E-state index contributed by atoms with van der Waals surface area (Å²) in [6.07, 6.45) is 0.802. The van der Waals surface area contributed by atoms with Gasteiger partial charge in [0.25, 0.3) is 0 Å². The van der Waals surface area contributed by atoms with E-state index in [2.05, 4.69) is 17.2 Å². The predicted octanol–water partition coefficient (Wildman–Crippen LogP) is 3.13. The van der Waals surface area contributed by atoms with Crippen molar-refractivity contribution in [1.82, 2.24) is 15.0 Å². The van der Waals surface area contributed by atoms with E-state index in [1.54, 1.807) is 22.9 Å². The molecular formula is C16H15N3O2. The first-order valence-corrected chi connectivity index (χ1v) is 6.84. The van der Waals surface area contributed by atoms with Crippen molar-refractivity contribution >= 4 is 17.0 Å². The summed E-state index contributed by atoms with van der Waals surface area (Å²) in [5.41, 5.74) is 2.49. The second-order valence-corrected chi connectivity index (χ2v) is 4.85. The standard InChI is InChI=1S/C16H15N3O2/c1-2-14(11-7-4-3-5-8-11)19-15-12(16(20)21)9-6-10-13(15)17-18-19/h3-10,14H,2H2,1H3,(H,20,21). The molecular weight excluding hydrogens is 266 g/mol. The molecule has 21 heavy (non-hydrogen) atoms. The number of carboxylic acid groups (broad SMARTS) is 1. The van der Waals surface area contributed by atoms with Gasteiger partial charge in [-0.2, -0.15) is 0 Å². The van der Waals surface area contributed by atoms with E-state index < -0.39 is 5.97 Å². The van der Waals surface area contributed by atoms with Gasteiger partial charge in [-0.25, -0.2) is 9.48 Å². The number of aromatic nitrogens is 3. The monoisotopic (exact) mass is 281 g/mol. The fourth-order valence-electron chi connectivity index (χ4n) is 2.61. The molecule has 0 radical (unpaired) electrons. The Morgan fingerprint density at radius 3 is 2.62 bits per heavy atom. The van der Waals surface area contributed by atoms with Crippen molar-refractivity contribution in [3.05, 3.63) is 59.7 Å². The third kappa shape index (κ3) is 2.27. The van der Waals surface area contributed by atoms with E-state index in [9.17, 15) is 9.90 Å². The molecule has 0 amide bonds.